The Morgan fingerprint density at radius 1 is 1.29 bits per heavy atom. The summed E-state index contributed by atoms with van der Waals surface area (Å²) in [5.41, 5.74) is 1.05. The molecule has 5 heteroatoms. The molecule has 1 aliphatic heterocycles. The van der Waals surface area contributed by atoms with Crippen LogP contribution in [0.25, 0.3) is 0 Å². The van der Waals surface area contributed by atoms with E-state index in [4.69, 9.17) is 9.47 Å². The van der Waals surface area contributed by atoms with Gasteiger partial charge >= 0.3 is 6.09 Å². The highest BCUT2D eigenvalue weighted by atomic mass is 16.6. The molecule has 1 saturated heterocycles. The molecule has 1 aliphatic rings. The van der Waals surface area contributed by atoms with Gasteiger partial charge in [-0.05, 0) is 39.8 Å². The standard InChI is InChI=1S/C17H23NO4.C2H6/c1-12-5-6-15(13(9-12)11-19)21-14-7-8-18(10-14)16(20)22-17(2,3)4;1-2/h5-6,9,11,14H,7-8,10H2,1-4H3;1-2H3. The zero-order chi connectivity index (χ0) is 18.3. The number of aldehydes is 1. The van der Waals surface area contributed by atoms with Gasteiger partial charge < -0.3 is 14.4 Å². The van der Waals surface area contributed by atoms with Crippen molar-refractivity contribution in [2.45, 2.75) is 59.7 Å². The van der Waals surface area contributed by atoms with Gasteiger partial charge in [0.1, 0.15) is 17.5 Å². The number of hydrogen-bond acceptors (Lipinski definition) is 4. The Labute approximate surface area is 144 Å². The number of aryl methyl sites for hydroxylation is 1. The van der Waals surface area contributed by atoms with Gasteiger partial charge in [0.15, 0.2) is 6.29 Å². The van der Waals surface area contributed by atoms with Crippen molar-refractivity contribution in [3.8, 4) is 5.75 Å². The van der Waals surface area contributed by atoms with Crippen LogP contribution in [-0.4, -0.2) is 42.1 Å². The zero-order valence-corrected chi connectivity index (χ0v) is 15.6. The van der Waals surface area contributed by atoms with Crippen molar-refractivity contribution in [3.63, 3.8) is 0 Å². The number of carbonyl (C=O) groups is 2. The molecule has 1 unspecified atom stereocenters. The first-order valence-electron chi connectivity index (χ1n) is 8.49. The van der Waals surface area contributed by atoms with Crippen molar-refractivity contribution >= 4 is 12.4 Å². The summed E-state index contributed by atoms with van der Waals surface area (Å²) in [6.07, 6.45) is 1.08. The van der Waals surface area contributed by atoms with Gasteiger partial charge in [-0.25, -0.2) is 4.79 Å². The summed E-state index contributed by atoms with van der Waals surface area (Å²) in [5.74, 6) is 0.566. The molecule has 0 aromatic heterocycles. The Hall–Kier alpha value is -2.04. The van der Waals surface area contributed by atoms with Gasteiger partial charge in [-0.15, -0.1) is 0 Å². The highest BCUT2D eigenvalue weighted by Gasteiger charge is 2.31. The van der Waals surface area contributed by atoms with Crippen LogP contribution in [0, 0.1) is 6.92 Å². The SMILES string of the molecule is CC.Cc1ccc(OC2CCN(C(=O)OC(C)(C)C)C2)c(C=O)c1. The van der Waals surface area contributed by atoms with Crippen LogP contribution < -0.4 is 4.74 Å². The lowest BCUT2D eigenvalue weighted by molar-refractivity contribution is 0.0275. The van der Waals surface area contributed by atoms with E-state index in [9.17, 15) is 9.59 Å². The molecule has 0 aliphatic carbocycles. The van der Waals surface area contributed by atoms with E-state index in [1.165, 1.54) is 0 Å². The summed E-state index contributed by atoms with van der Waals surface area (Å²) in [6, 6.07) is 5.50. The Balaban J connectivity index is 0.00000139. The summed E-state index contributed by atoms with van der Waals surface area (Å²) in [5, 5.41) is 0. The molecular formula is C19H29NO4. The van der Waals surface area contributed by atoms with Crippen LogP contribution in [0.5, 0.6) is 5.75 Å². The molecule has 1 atom stereocenters. The lowest BCUT2D eigenvalue weighted by atomic mass is 10.1. The average molecular weight is 335 g/mol. The first-order chi connectivity index (χ1) is 11.3. The average Bonchev–Trinajstić information content (AvgIpc) is 2.98. The van der Waals surface area contributed by atoms with Crippen LogP contribution in [0.3, 0.4) is 0 Å². The number of likely N-dealkylation sites (tertiary alicyclic amines) is 1. The molecule has 1 aromatic carbocycles. The van der Waals surface area contributed by atoms with Crippen LogP contribution in [-0.2, 0) is 4.74 Å². The molecule has 1 aromatic rings. The summed E-state index contributed by atoms with van der Waals surface area (Å²) in [4.78, 5) is 24.8. The third kappa shape index (κ3) is 5.87. The Morgan fingerprint density at radius 3 is 2.54 bits per heavy atom. The molecule has 24 heavy (non-hydrogen) atoms. The van der Waals surface area contributed by atoms with E-state index in [-0.39, 0.29) is 12.2 Å². The fraction of sp³-hybridized carbons (Fsp3) is 0.579. The number of ether oxygens (including phenoxy) is 2. The second-order valence-corrected chi connectivity index (χ2v) is 6.61. The van der Waals surface area contributed by atoms with Crippen LogP contribution in [0.4, 0.5) is 4.79 Å². The van der Waals surface area contributed by atoms with Crippen molar-refractivity contribution in [1.29, 1.82) is 0 Å². The molecule has 134 valence electrons. The molecule has 0 saturated carbocycles. The molecule has 0 N–H and O–H groups in total. The number of amides is 1. The van der Waals surface area contributed by atoms with Crippen molar-refractivity contribution in [2.24, 2.45) is 0 Å². The second-order valence-electron chi connectivity index (χ2n) is 6.61. The third-order valence-electron chi connectivity index (χ3n) is 3.38. The minimum atomic E-state index is -0.502. The predicted octanol–water partition coefficient (Wildman–Crippen LogP) is 4.22. The molecule has 2 rings (SSSR count). The minimum absolute atomic E-state index is 0.117. The fourth-order valence-electron chi connectivity index (χ4n) is 2.36. The topological polar surface area (TPSA) is 55.8 Å². The van der Waals surface area contributed by atoms with E-state index >= 15 is 0 Å². The second kappa shape index (κ2) is 8.71. The number of benzene rings is 1. The first kappa shape index (κ1) is 20.0. The van der Waals surface area contributed by atoms with Crippen molar-refractivity contribution in [3.05, 3.63) is 29.3 Å². The summed E-state index contributed by atoms with van der Waals surface area (Å²) >= 11 is 0. The Kier molecular flexibility index (Phi) is 7.26. The van der Waals surface area contributed by atoms with Gasteiger partial charge in [-0.3, -0.25) is 4.79 Å². The molecular weight excluding hydrogens is 306 g/mol. The van der Waals surface area contributed by atoms with Crippen LogP contribution in [0.15, 0.2) is 18.2 Å². The Morgan fingerprint density at radius 2 is 1.96 bits per heavy atom. The fourth-order valence-corrected chi connectivity index (χ4v) is 2.36. The van der Waals surface area contributed by atoms with Crippen molar-refractivity contribution < 1.29 is 19.1 Å². The van der Waals surface area contributed by atoms with Crippen molar-refractivity contribution in [1.82, 2.24) is 4.90 Å². The van der Waals surface area contributed by atoms with E-state index in [1.807, 2.05) is 47.6 Å². The maximum Gasteiger partial charge on any atom is 0.410 e. The van der Waals surface area contributed by atoms with E-state index in [0.29, 0.717) is 24.4 Å². The molecule has 5 nitrogen and oxygen atoms in total. The highest BCUT2D eigenvalue weighted by Crippen LogP contribution is 2.23. The lowest BCUT2D eigenvalue weighted by Gasteiger charge is -2.24. The Bertz CT molecular complexity index is 563. The van der Waals surface area contributed by atoms with Crippen LogP contribution in [0.2, 0.25) is 0 Å². The predicted molar refractivity (Wildman–Crippen MR) is 94.8 cm³/mol. The van der Waals surface area contributed by atoms with E-state index in [2.05, 4.69) is 0 Å². The molecule has 1 fully saturated rings. The minimum Gasteiger partial charge on any atom is -0.488 e. The molecule has 1 amide bonds. The quantitative estimate of drug-likeness (QED) is 0.776. The number of hydrogen-bond donors (Lipinski definition) is 0. The van der Waals surface area contributed by atoms with E-state index in [0.717, 1.165) is 18.3 Å². The van der Waals surface area contributed by atoms with Gasteiger partial charge in [0.2, 0.25) is 0 Å². The van der Waals surface area contributed by atoms with Crippen molar-refractivity contribution in [2.75, 3.05) is 13.1 Å². The molecule has 0 radical (unpaired) electrons. The lowest BCUT2D eigenvalue weighted by Crippen LogP contribution is -2.36. The largest absolute Gasteiger partial charge is 0.488 e. The third-order valence-corrected chi connectivity index (χ3v) is 3.38. The smallest absolute Gasteiger partial charge is 0.410 e. The zero-order valence-electron chi connectivity index (χ0n) is 15.6. The number of carbonyl (C=O) groups excluding carboxylic acids is 2. The number of nitrogens with zero attached hydrogens (tertiary/aromatic N) is 1. The molecule has 0 bridgehead atoms. The van der Waals surface area contributed by atoms with Crippen LogP contribution in [0.1, 0.15) is 57.0 Å². The summed E-state index contributed by atoms with van der Waals surface area (Å²) < 4.78 is 11.2. The first-order valence-corrected chi connectivity index (χ1v) is 8.49. The van der Waals surface area contributed by atoms with E-state index < -0.39 is 5.60 Å². The monoisotopic (exact) mass is 335 g/mol. The van der Waals surface area contributed by atoms with Gasteiger partial charge in [0, 0.05) is 13.0 Å². The van der Waals surface area contributed by atoms with E-state index in [1.54, 1.807) is 17.0 Å². The van der Waals surface area contributed by atoms with Gasteiger partial charge in [-0.2, -0.15) is 0 Å². The molecule has 1 heterocycles. The van der Waals surface area contributed by atoms with Crippen LogP contribution >= 0.6 is 0 Å². The maximum absolute atomic E-state index is 12.0. The normalized spacial score (nSPS) is 16.9. The summed E-state index contributed by atoms with van der Waals surface area (Å²) in [6.45, 7) is 12.5. The van der Waals surface area contributed by atoms with Gasteiger partial charge in [-0.1, -0.05) is 25.5 Å². The number of rotatable bonds is 3. The molecule has 0 spiro atoms. The highest BCUT2D eigenvalue weighted by molar-refractivity contribution is 5.79. The summed E-state index contributed by atoms with van der Waals surface area (Å²) in [7, 11) is 0. The van der Waals surface area contributed by atoms with Gasteiger partial charge in [0.05, 0.1) is 12.1 Å². The maximum atomic E-state index is 12.0. The van der Waals surface area contributed by atoms with Gasteiger partial charge in [0.25, 0.3) is 0 Å².